The van der Waals surface area contributed by atoms with E-state index in [4.69, 9.17) is 9.05 Å². The van der Waals surface area contributed by atoms with E-state index in [0.717, 1.165) is 0 Å². The van der Waals surface area contributed by atoms with Crippen LogP contribution in [0.15, 0.2) is 0 Å². The van der Waals surface area contributed by atoms with Gasteiger partial charge in [-0.25, -0.2) is 0 Å². The molecule has 0 aliphatic heterocycles. The fraction of sp³-hybridized carbons (Fsp3) is 0.900. The van der Waals surface area contributed by atoms with Crippen LogP contribution in [0.25, 0.3) is 0 Å². The lowest BCUT2D eigenvalue weighted by Gasteiger charge is -2.22. The maximum atomic E-state index is 12.2. The molecule has 0 rings (SSSR count). The molecule has 15 heavy (non-hydrogen) atoms. The van der Waals surface area contributed by atoms with Crippen molar-refractivity contribution in [2.45, 2.75) is 53.8 Å². The first-order chi connectivity index (χ1) is 6.69. The molecule has 0 radical (unpaired) electrons. The highest BCUT2D eigenvalue weighted by atomic mass is 31.2. The topological polar surface area (TPSA) is 52.6 Å². The smallest absolute Gasteiger partial charge is 0.300 e. The van der Waals surface area contributed by atoms with Gasteiger partial charge in [-0.3, -0.25) is 9.36 Å². The maximum Gasteiger partial charge on any atom is 0.397 e. The van der Waals surface area contributed by atoms with Crippen LogP contribution in [-0.4, -0.2) is 17.7 Å². The van der Waals surface area contributed by atoms with Crippen molar-refractivity contribution in [3.63, 3.8) is 0 Å². The zero-order chi connectivity index (χ0) is 12.2. The predicted octanol–water partition coefficient (Wildman–Crippen LogP) is 3.21. The second kappa shape index (κ2) is 5.78. The summed E-state index contributed by atoms with van der Waals surface area (Å²) >= 11 is 0. The summed E-state index contributed by atoms with van der Waals surface area (Å²) in [5.74, 6) is -0.353. The monoisotopic (exact) mass is 236 g/mol. The minimum atomic E-state index is -3.62. The number of hydrogen-bond donors (Lipinski definition) is 0. The van der Waals surface area contributed by atoms with Gasteiger partial charge in [0.15, 0.2) is 0 Å². The molecular weight excluding hydrogens is 215 g/mol. The SMILES string of the molecule is CC(C)OP(=O)(OC(C)C)C(=O)C(C)C. The van der Waals surface area contributed by atoms with Crippen molar-refractivity contribution < 1.29 is 18.4 Å². The van der Waals surface area contributed by atoms with Crippen LogP contribution in [-0.2, 0) is 18.4 Å². The van der Waals surface area contributed by atoms with E-state index >= 15 is 0 Å². The van der Waals surface area contributed by atoms with Crippen LogP contribution >= 0.6 is 7.60 Å². The standard InChI is InChI=1S/C10H21O4P/c1-7(2)10(11)15(12,13-8(3)4)14-9(5)6/h7-9H,1-6H3. The second-order valence-electron chi connectivity index (χ2n) is 4.30. The van der Waals surface area contributed by atoms with Gasteiger partial charge < -0.3 is 9.05 Å². The van der Waals surface area contributed by atoms with E-state index in [1.54, 1.807) is 41.5 Å². The van der Waals surface area contributed by atoms with Crippen molar-refractivity contribution in [3.05, 3.63) is 0 Å². The van der Waals surface area contributed by atoms with Gasteiger partial charge >= 0.3 is 7.60 Å². The Kier molecular flexibility index (Phi) is 5.71. The molecule has 0 saturated heterocycles. The highest BCUT2D eigenvalue weighted by Gasteiger charge is 2.38. The molecule has 0 unspecified atom stereocenters. The second-order valence-corrected chi connectivity index (χ2v) is 6.16. The zero-order valence-corrected chi connectivity index (χ0v) is 11.2. The first kappa shape index (κ1) is 14.8. The quantitative estimate of drug-likeness (QED) is 0.664. The largest absolute Gasteiger partial charge is 0.397 e. The van der Waals surface area contributed by atoms with Crippen molar-refractivity contribution in [1.29, 1.82) is 0 Å². The maximum absolute atomic E-state index is 12.2. The van der Waals surface area contributed by atoms with Gasteiger partial charge in [0.1, 0.15) is 0 Å². The zero-order valence-electron chi connectivity index (χ0n) is 10.3. The summed E-state index contributed by atoms with van der Waals surface area (Å²) in [6.45, 7) is 10.3. The van der Waals surface area contributed by atoms with Crippen LogP contribution < -0.4 is 0 Å². The van der Waals surface area contributed by atoms with E-state index in [-0.39, 0.29) is 18.1 Å². The summed E-state index contributed by atoms with van der Waals surface area (Å²) in [4.78, 5) is 11.7. The molecule has 0 amide bonds. The third-order valence-corrected chi connectivity index (χ3v) is 3.92. The third-order valence-electron chi connectivity index (χ3n) is 1.46. The molecule has 0 aliphatic rings. The molecule has 0 aromatic rings. The summed E-state index contributed by atoms with van der Waals surface area (Å²) in [5.41, 5.74) is -0.454. The summed E-state index contributed by atoms with van der Waals surface area (Å²) in [6.07, 6.45) is -0.588. The van der Waals surface area contributed by atoms with E-state index in [2.05, 4.69) is 0 Å². The Morgan fingerprint density at radius 2 is 1.27 bits per heavy atom. The Labute approximate surface area is 91.9 Å². The van der Waals surface area contributed by atoms with Gasteiger partial charge in [-0.2, -0.15) is 0 Å². The molecule has 0 bridgehead atoms. The van der Waals surface area contributed by atoms with E-state index in [0.29, 0.717) is 0 Å². The van der Waals surface area contributed by atoms with Crippen LogP contribution in [0.4, 0.5) is 0 Å². The number of carbonyl (C=O) groups excluding carboxylic acids is 1. The Hall–Kier alpha value is -0.180. The van der Waals surface area contributed by atoms with Crippen LogP contribution in [0.5, 0.6) is 0 Å². The lowest BCUT2D eigenvalue weighted by Crippen LogP contribution is -2.17. The number of hydrogen-bond acceptors (Lipinski definition) is 4. The van der Waals surface area contributed by atoms with Gasteiger partial charge in [0, 0.05) is 5.92 Å². The molecule has 90 valence electrons. The van der Waals surface area contributed by atoms with Gasteiger partial charge in [-0.15, -0.1) is 0 Å². The number of rotatable bonds is 6. The van der Waals surface area contributed by atoms with Crippen molar-refractivity contribution in [2.24, 2.45) is 5.92 Å². The first-order valence-corrected chi connectivity index (χ1v) is 6.74. The fourth-order valence-electron chi connectivity index (χ4n) is 1.00. The molecule has 0 heterocycles. The Balaban J connectivity index is 4.85. The molecule has 0 atom stereocenters. The molecule has 0 fully saturated rings. The molecule has 0 spiro atoms. The van der Waals surface area contributed by atoms with E-state index in [1.165, 1.54) is 0 Å². The van der Waals surface area contributed by atoms with Gasteiger partial charge in [0.05, 0.1) is 12.2 Å². The van der Waals surface area contributed by atoms with Gasteiger partial charge in [0.25, 0.3) is 0 Å². The summed E-state index contributed by atoms with van der Waals surface area (Å²) in [6, 6.07) is 0. The minimum Gasteiger partial charge on any atom is -0.300 e. The molecule has 5 heteroatoms. The number of carbonyl (C=O) groups is 1. The van der Waals surface area contributed by atoms with Crippen LogP contribution in [0, 0.1) is 5.92 Å². The molecule has 0 aliphatic carbocycles. The highest BCUT2D eigenvalue weighted by Crippen LogP contribution is 2.53. The van der Waals surface area contributed by atoms with E-state index in [9.17, 15) is 9.36 Å². The highest BCUT2D eigenvalue weighted by molar-refractivity contribution is 7.71. The van der Waals surface area contributed by atoms with E-state index < -0.39 is 13.1 Å². The van der Waals surface area contributed by atoms with Crippen LogP contribution in [0.1, 0.15) is 41.5 Å². The minimum absolute atomic E-state index is 0.294. The Morgan fingerprint density at radius 3 is 1.47 bits per heavy atom. The summed E-state index contributed by atoms with van der Waals surface area (Å²) in [5, 5.41) is 0. The lowest BCUT2D eigenvalue weighted by molar-refractivity contribution is -0.117. The summed E-state index contributed by atoms with van der Waals surface area (Å²) < 4.78 is 22.5. The lowest BCUT2D eigenvalue weighted by atomic mass is 10.3. The molecular formula is C10H21O4P. The fourth-order valence-corrected chi connectivity index (χ4v) is 3.00. The van der Waals surface area contributed by atoms with E-state index in [1.807, 2.05) is 0 Å². The van der Waals surface area contributed by atoms with Crippen molar-refractivity contribution in [1.82, 2.24) is 0 Å². The average molecular weight is 236 g/mol. The average Bonchev–Trinajstić information content (AvgIpc) is 1.99. The molecule has 4 nitrogen and oxygen atoms in total. The van der Waals surface area contributed by atoms with Crippen molar-refractivity contribution in [3.8, 4) is 0 Å². The van der Waals surface area contributed by atoms with Gasteiger partial charge in [0.2, 0.25) is 5.52 Å². The normalized spacial score (nSPS) is 12.9. The molecule has 0 aromatic carbocycles. The van der Waals surface area contributed by atoms with Crippen molar-refractivity contribution in [2.75, 3.05) is 0 Å². The predicted molar refractivity (Wildman–Crippen MR) is 59.9 cm³/mol. The van der Waals surface area contributed by atoms with Gasteiger partial charge in [-0.05, 0) is 27.7 Å². The first-order valence-electron chi connectivity index (χ1n) is 5.20. The molecule has 0 aromatic heterocycles. The Morgan fingerprint density at radius 1 is 0.933 bits per heavy atom. The van der Waals surface area contributed by atoms with Gasteiger partial charge in [-0.1, -0.05) is 13.8 Å². The van der Waals surface area contributed by atoms with Crippen molar-refractivity contribution >= 4 is 13.1 Å². The van der Waals surface area contributed by atoms with Crippen LogP contribution in [0.3, 0.4) is 0 Å². The Bertz CT molecular complexity index is 244. The summed E-state index contributed by atoms with van der Waals surface area (Å²) in [7, 11) is -3.62. The molecule has 0 saturated carbocycles. The third kappa shape index (κ3) is 4.92. The van der Waals surface area contributed by atoms with Crippen LogP contribution in [0.2, 0.25) is 0 Å². The molecule has 0 N–H and O–H groups in total.